The van der Waals surface area contributed by atoms with Gasteiger partial charge in [-0.15, -0.1) is 0 Å². The Morgan fingerprint density at radius 1 is 1.19 bits per heavy atom. The summed E-state index contributed by atoms with van der Waals surface area (Å²) in [5.41, 5.74) is 0.463. The first-order valence-electron chi connectivity index (χ1n) is 9.81. The van der Waals surface area contributed by atoms with Crippen LogP contribution in [0.15, 0.2) is 87.8 Å². The van der Waals surface area contributed by atoms with Gasteiger partial charge in [0.1, 0.15) is 12.4 Å². The Bertz CT molecular complexity index is 1160. The molecule has 1 atom stereocenters. The largest absolute Gasteiger partial charge is 0.503 e. The molecule has 1 aromatic carbocycles. The van der Waals surface area contributed by atoms with Crippen molar-refractivity contribution in [3.63, 3.8) is 0 Å². The van der Waals surface area contributed by atoms with Crippen LogP contribution in [0.25, 0.3) is 0 Å². The van der Waals surface area contributed by atoms with Crippen LogP contribution in [0, 0.1) is 0 Å². The smallest absolute Gasteiger partial charge is 0.290 e. The highest BCUT2D eigenvalue weighted by molar-refractivity contribution is 6.15. The SMILES string of the molecule is C=CCOc1ccc(C2C(C(=O)c3ccco3)=C(O)C(=O)N2Cc2ccco2)cc1OC. The Kier molecular flexibility index (Phi) is 5.85. The van der Waals surface area contributed by atoms with Gasteiger partial charge in [-0.1, -0.05) is 18.7 Å². The molecule has 8 heteroatoms. The van der Waals surface area contributed by atoms with E-state index in [1.165, 1.54) is 30.6 Å². The highest BCUT2D eigenvalue weighted by atomic mass is 16.5. The number of furan rings is 2. The van der Waals surface area contributed by atoms with Crippen LogP contribution in [-0.4, -0.2) is 35.4 Å². The van der Waals surface area contributed by atoms with Crippen molar-refractivity contribution >= 4 is 11.7 Å². The molecule has 0 saturated carbocycles. The van der Waals surface area contributed by atoms with Crippen LogP contribution < -0.4 is 9.47 Å². The normalized spacial score (nSPS) is 15.8. The van der Waals surface area contributed by atoms with Gasteiger partial charge in [-0.2, -0.15) is 0 Å². The first kappa shape index (κ1) is 21.0. The van der Waals surface area contributed by atoms with Crippen molar-refractivity contribution in [3.8, 4) is 11.5 Å². The Morgan fingerprint density at radius 2 is 1.97 bits per heavy atom. The Hall–Kier alpha value is -4.20. The number of carbonyl (C=O) groups is 2. The van der Waals surface area contributed by atoms with Crippen molar-refractivity contribution in [3.05, 3.63) is 96.1 Å². The lowest BCUT2D eigenvalue weighted by Gasteiger charge is -2.26. The molecule has 1 aliphatic rings. The van der Waals surface area contributed by atoms with Crippen molar-refractivity contribution in [2.75, 3.05) is 13.7 Å². The maximum atomic E-state index is 13.2. The zero-order valence-corrected chi connectivity index (χ0v) is 17.3. The van der Waals surface area contributed by atoms with Gasteiger partial charge in [-0.3, -0.25) is 9.59 Å². The molecule has 1 unspecified atom stereocenters. The molecule has 0 spiro atoms. The second kappa shape index (κ2) is 8.89. The molecule has 3 heterocycles. The Morgan fingerprint density at radius 3 is 2.62 bits per heavy atom. The molecule has 8 nitrogen and oxygen atoms in total. The fraction of sp³-hybridized carbons (Fsp3) is 0.167. The van der Waals surface area contributed by atoms with Crippen molar-refractivity contribution in [2.24, 2.45) is 0 Å². The summed E-state index contributed by atoms with van der Waals surface area (Å²) < 4.78 is 21.7. The quantitative estimate of drug-likeness (QED) is 0.396. The molecule has 2 aromatic heterocycles. The van der Waals surface area contributed by atoms with Crippen molar-refractivity contribution in [1.29, 1.82) is 0 Å². The molecule has 164 valence electrons. The van der Waals surface area contributed by atoms with Crippen LogP contribution in [0.5, 0.6) is 11.5 Å². The van der Waals surface area contributed by atoms with E-state index in [-0.39, 0.29) is 24.5 Å². The lowest BCUT2D eigenvalue weighted by molar-refractivity contribution is -0.130. The molecule has 32 heavy (non-hydrogen) atoms. The monoisotopic (exact) mass is 435 g/mol. The van der Waals surface area contributed by atoms with Crippen LogP contribution in [0.1, 0.15) is 27.9 Å². The third-order valence-electron chi connectivity index (χ3n) is 5.06. The molecular formula is C24H21NO7. The minimum atomic E-state index is -0.896. The van der Waals surface area contributed by atoms with E-state index >= 15 is 0 Å². The molecule has 0 fully saturated rings. The van der Waals surface area contributed by atoms with Crippen molar-refractivity contribution in [1.82, 2.24) is 4.90 Å². The number of carbonyl (C=O) groups excluding carboxylic acids is 2. The maximum Gasteiger partial charge on any atom is 0.290 e. The summed E-state index contributed by atoms with van der Waals surface area (Å²) in [6.45, 7) is 3.96. The number of rotatable bonds is 9. The number of ether oxygens (including phenoxy) is 2. The summed E-state index contributed by atoms with van der Waals surface area (Å²) >= 11 is 0. The van der Waals surface area contributed by atoms with E-state index in [1.54, 1.807) is 42.5 Å². The first-order valence-corrected chi connectivity index (χ1v) is 9.81. The number of nitrogens with zero attached hydrogens (tertiary/aromatic N) is 1. The predicted molar refractivity (Wildman–Crippen MR) is 113 cm³/mol. The second-order valence-electron chi connectivity index (χ2n) is 6.99. The van der Waals surface area contributed by atoms with Gasteiger partial charge in [0, 0.05) is 0 Å². The Balaban J connectivity index is 1.80. The fourth-order valence-corrected chi connectivity index (χ4v) is 3.63. The molecule has 0 radical (unpaired) electrons. The van der Waals surface area contributed by atoms with Crippen molar-refractivity contribution in [2.45, 2.75) is 12.6 Å². The number of amides is 1. The zero-order valence-electron chi connectivity index (χ0n) is 17.3. The van der Waals surface area contributed by atoms with Gasteiger partial charge in [0.05, 0.1) is 37.8 Å². The lowest BCUT2D eigenvalue weighted by atomic mass is 9.94. The van der Waals surface area contributed by atoms with E-state index in [2.05, 4.69) is 6.58 Å². The van der Waals surface area contributed by atoms with E-state index in [4.69, 9.17) is 18.3 Å². The third-order valence-corrected chi connectivity index (χ3v) is 5.06. The molecule has 0 aliphatic carbocycles. The van der Waals surface area contributed by atoms with E-state index < -0.39 is 23.5 Å². The zero-order chi connectivity index (χ0) is 22.7. The average molecular weight is 435 g/mol. The average Bonchev–Trinajstić information content (AvgIpc) is 3.56. The number of ketones is 1. The van der Waals surface area contributed by atoms with Gasteiger partial charge in [0.2, 0.25) is 5.78 Å². The number of methoxy groups -OCH3 is 1. The summed E-state index contributed by atoms with van der Waals surface area (Å²) in [6, 6.07) is 10.6. The minimum Gasteiger partial charge on any atom is -0.503 e. The van der Waals surface area contributed by atoms with E-state index in [9.17, 15) is 14.7 Å². The van der Waals surface area contributed by atoms with Gasteiger partial charge in [0.25, 0.3) is 5.91 Å². The first-order chi connectivity index (χ1) is 15.5. The van der Waals surface area contributed by atoms with E-state index in [0.29, 0.717) is 22.8 Å². The number of benzene rings is 1. The molecule has 1 aliphatic heterocycles. The van der Waals surface area contributed by atoms with Gasteiger partial charge < -0.3 is 28.3 Å². The minimum absolute atomic E-state index is 0.0158. The molecule has 0 saturated heterocycles. The third kappa shape index (κ3) is 3.78. The van der Waals surface area contributed by atoms with Crippen LogP contribution in [-0.2, 0) is 11.3 Å². The van der Waals surface area contributed by atoms with Crippen LogP contribution in [0.4, 0.5) is 0 Å². The van der Waals surface area contributed by atoms with Crippen LogP contribution in [0.2, 0.25) is 0 Å². The molecule has 1 N–H and O–H groups in total. The number of aliphatic hydroxyl groups excluding tert-OH is 1. The molecule has 0 bridgehead atoms. The van der Waals surface area contributed by atoms with Crippen molar-refractivity contribution < 1.29 is 33.0 Å². The number of hydrogen-bond acceptors (Lipinski definition) is 7. The van der Waals surface area contributed by atoms with Gasteiger partial charge in [0.15, 0.2) is 23.0 Å². The van der Waals surface area contributed by atoms with Gasteiger partial charge >= 0.3 is 0 Å². The number of aliphatic hydroxyl groups is 1. The standard InChI is InChI=1S/C24H21NO7/c1-3-10-31-17-9-8-15(13-19(17)29-2)21-20(22(26)18-7-5-12-32-18)23(27)24(28)25(21)14-16-6-4-11-30-16/h3-9,11-13,21,27H,1,10,14H2,2H3. The van der Waals surface area contributed by atoms with E-state index in [1.807, 2.05) is 0 Å². The molecular weight excluding hydrogens is 414 g/mol. The highest BCUT2D eigenvalue weighted by Crippen LogP contribution is 2.42. The summed E-state index contributed by atoms with van der Waals surface area (Å²) in [7, 11) is 1.49. The second-order valence-corrected chi connectivity index (χ2v) is 6.99. The van der Waals surface area contributed by atoms with Gasteiger partial charge in [-0.25, -0.2) is 0 Å². The summed E-state index contributed by atoms with van der Waals surface area (Å²) in [4.78, 5) is 27.5. The van der Waals surface area contributed by atoms with Gasteiger partial charge in [-0.05, 0) is 42.0 Å². The molecule has 3 aromatic rings. The maximum absolute atomic E-state index is 13.2. The molecule has 1 amide bonds. The number of hydrogen-bond donors (Lipinski definition) is 1. The van der Waals surface area contributed by atoms with E-state index in [0.717, 1.165) is 0 Å². The topological polar surface area (TPSA) is 102 Å². The summed E-state index contributed by atoms with van der Waals surface area (Å²) in [5.74, 6) is -0.501. The highest BCUT2D eigenvalue weighted by Gasteiger charge is 2.45. The predicted octanol–water partition coefficient (Wildman–Crippen LogP) is 4.22. The summed E-state index contributed by atoms with van der Waals surface area (Å²) in [5, 5.41) is 10.7. The Labute approximate surface area is 184 Å². The fourth-order valence-electron chi connectivity index (χ4n) is 3.63. The number of Topliss-reactive ketones (excluding diaryl/α,β-unsaturated/α-hetero) is 1. The lowest BCUT2D eigenvalue weighted by Crippen LogP contribution is -2.30. The van der Waals surface area contributed by atoms with Crippen LogP contribution >= 0.6 is 0 Å². The van der Waals surface area contributed by atoms with Crippen LogP contribution in [0.3, 0.4) is 0 Å². The molecule has 4 rings (SSSR count). The summed E-state index contributed by atoms with van der Waals surface area (Å²) in [6.07, 6.45) is 4.45.